The van der Waals surface area contributed by atoms with Gasteiger partial charge in [-0.05, 0) is 93.4 Å². The number of hydrogen-bond donors (Lipinski definition) is 2. The number of aromatic nitrogens is 2. The summed E-state index contributed by atoms with van der Waals surface area (Å²) in [7, 11) is 0. The molecular formula is C25H32N4O2. The molecule has 0 spiro atoms. The molecule has 1 aromatic heterocycles. The highest BCUT2D eigenvalue weighted by Gasteiger charge is 2.43. The van der Waals surface area contributed by atoms with Gasteiger partial charge in [-0.1, -0.05) is 0 Å². The molecule has 1 heterocycles. The van der Waals surface area contributed by atoms with Gasteiger partial charge in [0.15, 0.2) is 0 Å². The Bertz CT molecular complexity index is 905. The Morgan fingerprint density at radius 3 is 2.52 bits per heavy atom. The molecule has 4 fully saturated rings. The van der Waals surface area contributed by atoms with Crippen molar-refractivity contribution >= 4 is 17.3 Å². The second-order valence-electron chi connectivity index (χ2n) is 9.56. The molecule has 6 nitrogen and oxygen atoms in total. The molecule has 6 rings (SSSR count). The van der Waals surface area contributed by atoms with Gasteiger partial charge < -0.3 is 15.4 Å². The van der Waals surface area contributed by atoms with E-state index in [2.05, 4.69) is 20.6 Å². The van der Waals surface area contributed by atoms with Crippen molar-refractivity contribution in [1.82, 2.24) is 9.97 Å². The number of carbonyl (C=O) groups excluding carboxylic acids is 1. The van der Waals surface area contributed by atoms with Crippen molar-refractivity contribution in [3.05, 3.63) is 48.0 Å². The molecule has 2 N–H and O–H groups in total. The number of hydrogen-bond acceptors (Lipinski definition) is 6. The number of fused-ring (bicyclic) bond motifs is 1. The van der Waals surface area contributed by atoms with Crippen LogP contribution in [0.15, 0.2) is 36.8 Å². The van der Waals surface area contributed by atoms with Gasteiger partial charge in [0.25, 0.3) is 0 Å². The molecule has 4 bridgehead atoms. The zero-order valence-corrected chi connectivity index (χ0v) is 18.2. The molecule has 6 heteroatoms. The first-order chi connectivity index (χ1) is 15.2. The van der Waals surface area contributed by atoms with Gasteiger partial charge in [0, 0.05) is 12.2 Å². The van der Waals surface area contributed by atoms with Crippen LogP contribution < -0.4 is 10.6 Å². The molecule has 0 saturated heterocycles. The predicted octanol–water partition coefficient (Wildman–Crippen LogP) is 4.89. The molecule has 0 aliphatic heterocycles. The van der Waals surface area contributed by atoms with Gasteiger partial charge in [-0.3, -0.25) is 0 Å². The van der Waals surface area contributed by atoms with Crippen LogP contribution in [0.5, 0.6) is 0 Å². The summed E-state index contributed by atoms with van der Waals surface area (Å²) in [4.78, 5) is 20.6. The number of nitrogens with zero attached hydrogens (tertiary/aromatic N) is 2. The first kappa shape index (κ1) is 20.3. The smallest absolute Gasteiger partial charge is 0.338 e. The number of esters is 1. The van der Waals surface area contributed by atoms with E-state index in [-0.39, 0.29) is 5.97 Å². The Labute approximate surface area is 184 Å². The number of nitrogens with one attached hydrogen (secondary N) is 2. The Hall–Kier alpha value is -2.63. The summed E-state index contributed by atoms with van der Waals surface area (Å²) in [6.45, 7) is 2.77. The summed E-state index contributed by atoms with van der Waals surface area (Å²) < 4.78 is 5.22. The first-order valence-electron chi connectivity index (χ1n) is 11.7. The molecule has 1 aromatic carbocycles. The quantitative estimate of drug-likeness (QED) is 0.621. The van der Waals surface area contributed by atoms with E-state index in [0.717, 1.165) is 40.7 Å². The lowest BCUT2D eigenvalue weighted by Crippen LogP contribution is -2.32. The van der Waals surface area contributed by atoms with Crippen LogP contribution in [-0.4, -0.2) is 28.6 Å². The maximum absolute atomic E-state index is 12.3. The monoisotopic (exact) mass is 420 g/mol. The number of carbonyl (C=O) groups is 1. The maximum atomic E-state index is 12.3. The van der Waals surface area contributed by atoms with Crippen molar-refractivity contribution in [2.75, 3.05) is 17.2 Å². The minimum atomic E-state index is -0.287. The Kier molecular flexibility index (Phi) is 5.79. The number of anilines is 2. The minimum Gasteiger partial charge on any atom is -0.462 e. The zero-order chi connectivity index (χ0) is 21.2. The van der Waals surface area contributed by atoms with Crippen molar-refractivity contribution in [1.29, 1.82) is 0 Å². The second kappa shape index (κ2) is 8.85. The zero-order valence-electron chi connectivity index (χ0n) is 18.2. The van der Waals surface area contributed by atoms with Gasteiger partial charge in [0.1, 0.15) is 6.33 Å². The summed E-state index contributed by atoms with van der Waals surface area (Å²) in [5.74, 6) is 3.22. The molecule has 164 valence electrons. The van der Waals surface area contributed by atoms with Crippen LogP contribution in [0.4, 0.5) is 11.4 Å². The Morgan fingerprint density at radius 1 is 1.03 bits per heavy atom. The van der Waals surface area contributed by atoms with E-state index in [1.165, 1.54) is 38.5 Å². The predicted molar refractivity (Wildman–Crippen MR) is 121 cm³/mol. The Morgan fingerprint density at radius 2 is 1.81 bits per heavy atom. The van der Waals surface area contributed by atoms with Crippen LogP contribution in [0.25, 0.3) is 0 Å². The fourth-order valence-corrected chi connectivity index (χ4v) is 6.26. The highest BCUT2D eigenvalue weighted by Crippen LogP contribution is 2.51. The highest BCUT2D eigenvalue weighted by molar-refractivity contribution is 5.92. The fourth-order valence-electron chi connectivity index (χ4n) is 6.26. The third-order valence-corrected chi connectivity index (χ3v) is 7.40. The van der Waals surface area contributed by atoms with Crippen molar-refractivity contribution in [3.8, 4) is 0 Å². The molecule has 2 aromatic rings. The normalized spacial score (nSPS) is 28.7. The van der Waals surface area contributed by atoms with E-state index >= 15 is 0 Å². The largest absolute Gasteiger partial charge is 0.462 e. The van der Waals surface area contributed by atoms with Gasteiger partial charge >= 0.3 is 5.97 Å². The molecule has 0 amide bonds. The highest BCUT2D eigenvalue weighted by atomic mass is 16.5. The lowest BCUT2D eigenvalue weighted by atomic mass is 9.67. The van der Waals surface area contributed by atoms with Crippen LogP contribution in [-0.2, 0) is 11.3 Å². The van der Waals surface area contributed by atoms with E-state index in [1.807, 2.05) is 31.2 Å². The lowest BCUT2D eigenvalue weighted by molar-refractivity contribution is 0.0526. The number of benzene rings is 1. The SMILES string of the molecule is CCOC(=O)c1ccc(NC2CC3CC4CC(C3)CC2C4)c(NCc2ccncn2)c1. The number of ether oxygens (including phenoxy) is 1. The third-order valence-electron chi connectivity index (χ3n) is 7.40. The first-order valence-corrected chi connectivity index (χ1v) is 11.7. The average Bonchev–Trinajstić information content (AvgIpc) is 2.96. The topological polar surface area (TPSA) is 76.1 Å². The Balaban J connectivity index is 1.38. The van der Waals surface area contributed by atoms with E-state index < -0.39 is 0 Å². The number of rotatable bonds is 7. The standard InChI is InChI=1S/C25H32N4O2/c1-2-31-25(30)19-3-4-22(24(13-19)27-14-21-5-6-26-15-28-21)29-23-12-18-8-16-7-17(9-18)11-20(23)10-16/h3-6,13,15-18,20,23,27,29H,2,7-12,14H2,1H3. The molecule has 31 heavy (non-hydrogen) atoms. The van der Waals surface area contributed by atoms with Crippen molar-refractivity contribution in [2.24, 2.45) is 23.7 Å². The van der Waals surface area contributed by atoms with Crippen LogP contribution in [0, 0.1) is 23.7 Å². The summed E-state index contributed by atoms with van der Waals surface area (Å²) in [5.41, 5.74) is 3.47. The van der Waals surface area contributed by atoms with Crippen LogP contribution in [0.3, 0.4) is 0 Å². The van der Waals surface area contributed by atoms with Crippen LogP contribution in [0.2, 0.25) is 0 Å². The molecule has 0 radical (unpaired) electrons. The summed E-state index contributed by atoms with van der Waals surface area (Å²) in [6.07, 6.45) is 11.6. The van der Waals surface area contributed by atoms with E-state index in [9.17, 15) is 4.79 Å². The molecule has 3 unspecified atom stereocenters. The van der Waals surface area contributed by atoms with Gasteiger partial charge in [0.05, 0.1) is 35.8 Å². The van der Waals surface area contributed by atoms with E-state index in [0.29, 0.717) is 24.8 Å². The van der Waals surface area contributed by atoms with E-state index in [1.54, 1.807) is 12.5 Å². The van der Waals surface area contributed by atoms with Gasteiger partial charge in [-0.15, -0.1) is 0 Å². The summed E-state index contributed by atoms with van der Waals surface area (Å²) in [6, 6.07) is 8.21. The van der Waals surface area contributed by atoms with Gasteiger partial charge in [-0.25, -0.2) is 14.8 Å². The summed E-state index contributed by atoms with van der Waals surface area (Å²) >= 11 is 0. The van der Waals surface area contributed by atoms with E-state index in [4.69, 9.17) is 4.74 Å². The van der Waals surface area contributed by atoms with Crippen molar-refractivity contribution in [3.63, 3.8) is 0 Å². The third kappa shape index (κ3) is 4.53. The molecule has 4 saturated carbocycles. The van der Waals surface area contributed by atoms with Crippen LogP contribution >= 0.6 is 0 Å². The molecular weight excluding hydrogens is 388 g/mol. The van der Waals surface area contributed by atoms with Crippen LogP contribution in [0.1, 0.15) is 61.5 Å². The van der Waals surface area contributed by atoms with Gasteiger partial charge in [0.2, 0.25) is 0 Å². The molecule has 4 aliphatic carbocycles. The van der Waals surface area contributed by atoms with Crippen molar-refractivity contribution in [2.45, 2.75) is 58.0 Å². The molecule has 3 atom stereocenters. The average molecular weight is 421 g/mol. The lowest BCUT2D eigenvalue weighted by Gasteiger charge is -2.39. The van der Waals surface area contributed by atoms with Gasteiger partial charge in [-0.2, -0.15) is 0 Å². The maximum Gasteiger partial charge on any atom is 0.338 e. The fraction of sp³-hybridized carbons (Fsp3) is 0.560. The van der Waals surface area contributed by atoms with Crippen molar-refractivity contribution < 1.29 is 9.53 Å². The summed E-state index contributed by atoms with van der Waals surface area (Å²) in [5, 5.41) is 7.38. The minimum absolute atomic E-state index is 0.287. The second-order valence-corrected chi connectivity index (χ2v) is 9.56. The molecule has 4 aliphatic rings.